The van der Waals surface area contributed by atoms with Crippen molar-refractivity contribution in [3.05, 3.63) is 0 Å². The normalized spacial score (nSPS) is 15.9. The van der Waals surface area contributed by atoms with Gasteiger partial charge in [-0.15, -0.1) is 0 Å². The number of nitrogens with one attached hydrogen (secondary N) is 4. The van der Waals surface area contributed by atoms with E-state index in [1.54, 1.807) is 4.90 Å². The molecule has 0 amide bonds. The smallest absolute Gasteiger partial charge is 0.229 e. The van der Waals surface area contributed by atoms with Gasteiger partial charge in [0, 0.05) is 12.1 Å². The van der Waals surface area contributed by atoms with Crippen molar-refractivity contribution in [2.24, 2.45) is 0 Å². The number of rotatable bonds is 8. The lowest BCUT2D eigenvalue weighted by molar-refractivity contribution is -0.906. The van der Waals surface area contributed by atoms with E-state index in [-0.39, 0.29) is 12.1 Å². The SMILES string of the molecule is CC(C)Nc1nc(NCC[NH+]2CCOCC2)nc(NC(C)C)n1. The van der Waals surface area contributed by atoms with Crippen LogP contribution in [0.1, 0.15) is 27.7 Å². The van der Waals surface area contributed by atoms with E-state index >= 15 is 0 Å². The first-order valence-electron chi connectivity index (χ1n) is 8.47. The van der Waals surface area contributed by atoms with Gasteiger partial charge in [-0.2, -0.15) is 15.0 Å². The van der Waals surface area contributed by atoms with Crippen molar-refractivity contribution in [2.75, 3.05) is 55.3 Å². The summed E-state index contributed by atoms with van der Waals surface area (Å²) >= 11 is 0. The van der Waals surface area contributed by atoms with E-state index in [0.717, 1.165) is 39.4 Å². The fourth-order valence-electron chi connectivity index (χ4n) is 2.36. The van der Waals surface area contributed by atoms with E-state index in [0.29, 0.717) is 17.8 Å². The minimum absolute atomic E-state index is 0.273. The van der Waals surface area contributed by atoms with Gasteiger partial charge in [0.1, 0.15) is 13.1 Å². The molecule has 0 radical (unpaired) electrons. The second kappa shape index (κ2) is 8.83. The molecule has 2 heterocycles. The van der Waals surface area contributed by atoms with Gasteiger partial charge in [0.2, 0.25) is 17.8 Å². The van der Waals surface area contributed by atoms with Gasteiger partial charge in [0.25, 0.3) is 0 Å². The first-order chi connectivity index (χ1) is 11.0. The number of hydrogen-bond donors (Lipinski definition) is 4. The van der Waals surface area contributed by atoms with Gasteiger partial charge < -0.3 is 25.6 Å². The minimum Gasteiger partial charge on any atom is -0.370 e. The third-order valence-corrected chi connectivity index (χ3v) is 3.43. The van der Waals surface area contributed by atoms with Crippen molar-refractivity contribution >= 4 is 17.8 Å². The molecule has 1 aromatic heterocycles. The van der Waals surface area contributed by atoms with E-state index in [2.05, 4.69) is 58.6 Å². The van der Waals surface area contributed by atoms with E-state index < -0.39 is 0 Å². The van der Waals surface area contributed by atoms with E-state index in [9.17, 15) is 0 Å². The minimum atomic E-state index is 0.273. The topological polar surface area (TPSA) is 88.4 Å². The van der Waals surface area contributed by atoms with Crippen LogP contribution in [0.4, 0.5) is 17.8 Å². The molecule has 0 aliphatic carbocycles. The van der Waals surface area contributed by atoms with Crippen LogP contribution in [-0.4, -0.2) is 66.4 Å². The summed E-state index contributed by atoms with van der Waals surface area (Å²) in [6.07, 6.45) is 0. The third-order valence-electron chi connectivity index (χ3n) is 3.43. The highest BCUT2D eigenvalue weighted by molar-refractivity contribution is 5.42. The van der Waals surface area contributed by atoms with Gasteiger partial charge in [-0.05, 0) is 27.7 Å². The zero-order chi connectivity index (χ0) is 16.7. The number of anilines is 3. The summed E-state index contributed by atoms with van der Waals surface area (Å²) < 4.78 is 5.38. The fourth-order valence-corrected chi connectivity index (χ4v) is 2.36. The zero-order valence-electron chi connectivity index (χ0n) is 14.6. The Hall–Kier alpha value is -1.67. The van der Waals surface area contributed by atoms with E-state index in [1.165, 1.54) is 0 Å². The zero-order valence-corrected chi connectivity index (χ0v) is 14.6. The maximum absolute atomic E-state index is 5.38. The average Bonchev–Trinajstić information content (AvgIpc) is 2.46. The molecule has 0 aromatic carbocycles. The van der Waals surface area contributed by atoms with Crippen molar-refractivity contribution in [1.29, 1.82) is 0 Å². The largest absolute Gasteiger partial charge is 0.370 e. The molecule has 0 spiro atoms. The van der Waals surface area contributed by atoms with Gasteiger partial charge in [0.15, 0.2) is 0 Å². The Labute approximate surface area is 138 Å². The van der Waals surface area contributed by atoms with Gasteiger partial charge in [0.05, 0.1) is 26.3 Å². The number of morpholine rings is 1. The molecule has 1 aliphatic heterocycles. The van der Waals surface area contributed by atoms with Gasteiger partial charge in [-0.1, -0.05) is 0 Å². The highest BCUT2D eigenvalue weighted by Gasteiger charge is 2.14. The predicted molar refractivity (Wildman–Crippen MR) is 92.2 cm³/mol. The van der Waals surface area contributed by atoms with E-state index in [4.69, 9.17) is 4.74 Å². The lowest BCUT2D eigenvalue weighted by Crippen LogP contribution is -3.14. The van der Waals surface area contributed by atoms with Crippen molar-refractivity contribution in [2.45, 2.75) is 39.8 Å². The Kier molecular flexibility index (Phi) is 6.79. The van der Waals surface area contributed by atoms with Crippen LogP contribution in [0.5, 0.6) is 0 Å². The van der Waals surface area contributed by atoms with Crippen LogP contribution in [0.2, 0.25) is 0 Å². The van der Waals surface area contributed by atoms with Crippen LogP contribution in [-0.2, 0) is 4.74 Å². The van der Waals surface area contributed by atoms with Crippen molar-refractivity contribution in [1.82, 2.24) is 15.0 Å². The molecule has 8 nitrogen and oxygen atoms in total. The molecule has 0 atom stereocenters. The summed E-state index contributed by atoms with van der Waals surface area (Å²) in [7, 11) is 0. The van der Waals surface area contributed by atoms with Crippen LogP contribution >= 0.6 is 0 Å². The number of nitrogens with zero attached hydrogens (tertiary/aromatic N) is 3. The third kappa shape index (κ3) is 6.54. The van der Waals surface area contributed by atoms with Crippen molar-refractivity contribution in [3.63, 3.8) is 0 Å². The van der Waals surface area contributed by atoms with Crippen molar-refractivity contribution in [3.8, 4) is 0 Å². The molecule has 8 heteroatoms. The Morgan fingerprint density at radius 2 is 1.43 bits per heavy atom. The molecule has 0 bridgehead atoms. The molecule has 1 aliphatic rings. The van der Waals surface area contributed by atoms with Gasteiger partial charge >= 0.3 is 0 Å². The Morgan fingerprint density at radius 3 is 1.96 bits per heavy atom. The summed E-state index contributed by atoms with van der Waals surface area (Å²) in [5, 5.41) is 9.78. The van der Waals surface area contributed by atoms with Crippen LogP contribution in [0.15, 0.2) is 0 Å². The van der Waals surface area contributed by atoms with Crippen LogP contribution in [0.3, 0.4) is 0 Å². The Bertz CT molecular complexity index is 447. The maximum atomic E-state index is 5.38. The second-order valence-electron chi connectivity index (χ2n) is 6.44. The quantitative estimate of drug-likeness (QED) is 0.528. The van der Waals surface area contributed by atoms with Gasteiger partial charge in [-0.3, -0.25) is 0 Å². The molecule has 4 N–H and O–H groups in total. The summed E-state index contributed by atoms with van der Waals surface area (Å²) in [6.45, 7) is 14.0. The molecule has 1 aromatic rings. The predicted octanol–water partition coefficient (Wildman–Crippen LogP) is -0.161. The van der Waals surface area contributed by atoms with E-state index in [1.807, 2.05) is 0 Å². The molecular formula is C15H30N7O+. The average molecular weight is 324 g/mol. The summed E-state index contributed by atoms with van der Waals surface area (Å²) in [4.78, 5) is 14.9. The first-order valence-corrected chi connectivity index (χ1v) is 8.47. The lowest BCUT2D eigenvalue weighted by Gasteiger charge is -2.23. The van der Waals surface area contributed by atoms with Crippen LogP contribution in [0.25, 0.3) is 0 Å². The van der Waals surface area contributed by atoms with Crippen LogP contribution < -0.4 is 20.9 Å². The molecule has 23 heavy (non-hydrogen) atoms. The Morgan fingerprint density at radius 1 is 0.913 bits per heavy atom. The first kappa shape index (κ1) is 17.7. The summed E-state index contributed by atoms with van der Waals surface area (Å²) in [6, 6.07) is 0.546. The highest BCUT2D eigenvalue weighted by Crippen LogP contribution is 2.10. The van der Waals surface area contributed by atoms with Crippen molar-refractivity contribution < 1.29 is 9.64 Å². The lowest BCUT2D eigenvalue weighted by atomic mass is 10.4. The molecule has 1 fully saturated rings. The maximum Gasteiger partial charge on any atom is 0.229 e. The number of aromatic nitrogens is 3. The second-order valence-corrected chi connectivity index (χ2v) is 6.44. The molecule has 2 rings (SSSR count). The fraction of sp³-hybridized carbons (Fsp3) is 0.800. The number of quaternary nitrogens is 1. The monoisotopic (exact) mass is 324 g/mol. The summed E-state index contributed by atoms with van der Waals surface area (Å²) in [5.74, 6) is 1.80. The molecule has 130 valence electrons. The van der Waals surface area contributed by atoms with Gasteiger partial charge in [-0.25, -0.2) is 0 Å². The molecule has 1 saturated heterocycles. The standard InChI is InChI=1S/C15H29N7O/c1-11(2)17-14-19-13(20-15(21-14)18-12(3)4)16-5-6-22-7-9-23-10-8-22/h11-12H,5-10H2,1-4H3,(H3,16,17,18,19,20,21)/p+1. The summed E-state index contributed by atoms with van der Waals surface area (Å²) in [5.41, 5.74) is 0. The molecule has 0 unspecified atom stereocenters. The number of ether oxygens (including phenoxy) is 1. The molecular weight excluding hydrogens is 294 g/mol. The molecule has 0 saturated carbocycles. The van der Waals surface area contributed by atoms with Crippen LogP contribution in [0, 0.1) is 0 Å². The highest BCUT2D eigenvalue weighted by atomic mass is 16.5. The number of hydrogen-bond acceptors (Lipinski definition) is 7. The Balaban J connectivity index is 1.94.